The van der Waals surface area contributed by atoms with E-state index in [0.29, 0.717) is 34.3 Å². The van der Waals surface area contributed by atoms with Gasteiger partial charge in [0.1, 0.15) is 0 Å². The molecule has 0 saturated carbocycles. The number of nitrogens with zero attached hydrogens (tertiary/aromatic N) is 1. The van der Waals surface area contributed by atoms with Gasteiger partial charge >= 0.3 is 6.09 Å². The summed E-state index contributed by atoms with van der Waals surface area (Å²) in [6.07, 6.45) is 5.70. The second-order valence-corrected chi connectivity index (χ2v) is 7.17. The molecule has 23 heavy (non-hydrogen) atoms. The lowest BCUT2D eigenvalue weighted by Gasteiger charge is -2.44. The minimum atomic E-state index is -0.434. The van der Waals surface area contributed by atoms with Crippen LogP contribution in [0.1, 0.15) is 32.1 Å². The van der Waals surface area contributed by atoms with Crippen molar-refractivity contribution in [2.75, 3.05) is 25.0 Å². The molecule has 2 atom stereocenters. The highest BCUT2D eigenvalue weighted by Crippen LogP contribution is 2.31. The van der Waals surface area contributed by atoms with E-state index in [9.17, 15) is 4.79 Å². The largest absolute Gasteiger partial charge is 0.449 e. The summed E-state index contributed by atoms with van der Waals surface area (Å²) < 4.78 is 5.45. The minimum Gasteiger partial charge on any atom is -0.449 e. The van der Waals surface area contributed by atoms with Crippen molar-refractivity contribution in [3.05, 3.63) is 28.2 Å². The Morgan fingerprint density at radius 3 is 2.83 bits per heavy atom. The molecule has 3 rings (SSSR count). The fourth-order valence-corrected chi connectivity index (χ4v) is 3.98. The Morgan fingerprint density at radius 2 is 2.00 bits per heavy atom. The van der Waals surface area contributed by atoms with E-state index < -0.39 is 6.09 Å². The van der Waals surface area contributed by atoms with Gasteiger partial charge in [-0.05, 0) is 57.0 Å². The second-order valence-electron chi connectivity index (χ2n) is 6.35. The molecule has 0 radical (unpaired) electrons. The molecule has 0 spiro atoms. The fraction of sp³-hybridized carbons (Fsp3) is 0.588. The van der Waals surface area contributed by atoms with Gasteiger partial charge in [-0.1, -0.05) is 29.6 Å². The van der Waals surface area contributed by atoms with Crippen molar-refractivity contribution < 1.29 is 9.53 Å². The molecular formula is C17H22Cl2N2O2. The summed E-state index contributed by atoms with van der Waals surface area (Å²) >= 11 is 11.8. The Kier molecular flexibility index (Phi) is 5.67. The maximum atomic E-state index is 12.0. The Morgan fingerprint density at radius 1 is 1.17 bits per heavy atom. The van der Waals surface area contributed by atoms with Crippen LogP contribution in [0, 0.1) is 5.92 Å². The number of rotatable bonds is 3. The molecule has 126 valence electrons. The zero-order valence-electron chi connectivity index (χ0n) is 13.1. The molecule has 2 heterocycles. The van der Waals surface area contributed by atoms with Crippen molar-refractivity contribution in [3.63, 3.8) is 0 Å². The van der Waals surface area contributed by atoms with Crippen LogP contribution in [0.4, 0.5) is 10.5 Å². The number of piperidine rings is 2. The van der Waals surface area contributed by atoms with Crippen LogP contribution in [0.5, 0.6) is 0 Å². The number of carbonyl (C=O) groups is 1. The number of benzene rings is 1. The van der Waals surface area contributed by atoms with Crippen molar-refractivity contribution >= 4 is 35.0 Å². The molecule has 1 aromatic carbocycles. The summed E-state index contributed by atoms with van der Waals surface area (Å²) in [5, 5.41) is 3.58. The van der Waals surface area contributed by atoms with Crippen LogP contribution < -0.4 is 5.32 Å². The lowest BCUT2D eigenvalue weighted by molar-refractivity contribution is 0.0261. The zero-order chi connectivity index (χ0) is 16.2. The molecule has 4 nitrogen and oxygen atoms in total. The summed E-state index contributed by atoms with van der Waals surface area (Å²) in [7, 11) is 0. The SMILES string of the molecule is O=C(Nc1ccc(Cl)c(Cl)c1)OCC1CCCN2CCCCC12. The number of amides is 1. The number of carbonyl (C=O) groups excluding carboxylic acids is 1. The zero-order valence-corrected chi connectivity index (χ0v) is 14.6. The molecule has 2 aliphatic rings. The van der Waals surface area contributed by atoms with Gasteiger partial charge in [0.2, 0.25) is 0 Å². The standard InChI is InChI=1S/C17H22Cl2N2O2/c18-14-7-6-13(10-15(14)19)20-17(22)23-11-12-4-3-9-21-8-2-1-5-16(12)21/h6-7,10,12,16H,1-5,8-9,11H2,(H,20,22). The van der Waals surface area contributed by atoms with E-state index in [1.165, 1.54) is 38.8 Å². The molecule has 2 fully saturated rings. The van der Waals surface area contributed by atoms with Gasteiger partial charge in [0.05, 0.1) is 16.7 Å². The highest BCUT2D eigenvalue weighted by atomic mass is 35.5. The number of halogens is 2. The average molecular weight is 357 g/mol. The summed E-state index contributed by atoms with van der Waals surface area (Å²) in [4.78, 5) is 14.6. The first-order valence-corrected chi connectivity index (χ1v) is 9.02. The summed E-state index contributed by atoms with van der Waals surface area (Å²) in [5.74, 6) is 0.448. The Bertz CT molecular complexity index is 566. The van der Waals surface area contributed by atoms with E-state index in [1.807, 2.05) is 0 Å². The van der Waals surface area contributed by atoms with Crippen molar-refractivity contribution in [1.82, 2.24) is 4.90 Å². The smallest absolute Gasteiger partial charge is 0.411 e. The van der Waals surface area contributed by atoms with E-state index >= 15 is 0 Å². The van der Waals surface area contributed by atoms with E-state index in [0.717, 1.165) is 6.42 Å². The molecule has 2 unspecified atom stereocenters. The first kappa shape index (κ1) is 16.9. The van der Waals surface area contributed by atoms with Gasteiger partial charge in [-0.15, -0.1) is 0 Å². The van der Waals surface area contributed by atoms with E-state index in [2.05, 4.69) is 10.2 Å². The molecule has 6 heteroatoms. The predicted molar refractivity (Wildman–Crippen MR) is 93.4 cm³/mol. The van der Waals surface area contributed by atoms with Crippen molar-refractivity contribution in [2.45, 2.75) is 38.1 Å². The molecule has 0 aromatic heterocycles. The molecule has 2 saturated heterocycles. The number of hydrogen-bond acceptors (Lipinski definition) is 3. The summed E-state index contributed by atoms with van der Waals surface area (Å²) in [6.45, 7) is 2.86. The monoisotopic (exact) mass is 356 g/mol. The highest BCUT2D eigenvalue weighted by molar-refractivity contribution is 6.42. The van der Waals surface area contributed by atoms with Gasteiger partial charge in [-0.25, -0.2) is 4.79 Å². The summed E-state index contributed by atoms with van der Waals surface area (Å²) in [6, 6.07) is 5.56. The fourth-order valence-electron chi connectivity index (χ4n) is 3.68. The van der Waals surface area contributed by atoms with Crippen molar-refractivity contribution in [1.29, 1.82) is 0 Å². The van der Waals surface area contributed by atoms with Gasteiger partial charge in [-0.2, -0.15) is 0 Å². The third-order valence-electron chi connectivity index (χ3n) is 4.82. The summed E-state index contributed by atoms with van der Waals surface area (Å²) in [5.41, 5.74) is 0.590. The van der Waals surface area contributed by atoms with Gasteiger partial charge in [-0.3, -0.25) is 10.2 Å². The lowest BCUT2D eigenvalue weighted by atomic mass is 9.84. The van der Waals surface area contributed by atoms with Crippen molar-refractivity contribution in [3.8, 4) is 0 Å². The van der Waals surface area contributed by atoms with Crippen LogP contribution in [0.15, 0.2) is 18.2 Å². The van der Waals surface area contributed by atoms with Gasteiger partial charge in [0.25, 0.3) is 0 Å². The minimum absolute atomic E-state index is 0.412. The topological polar surface area (TPSA) is 41.6 Å². The van der Waals surface area contributed by atoms with Crippen LogP contribution in [0.3, 0.4) is 0 Å². The number of hydrogen-bond donors (Lipinski definition) is 1. The van der Waals surface area contributed by atoms with Gasteiger partial charge < -0.3 is 4.74 Å². The Hall–Kier alpha value is -0.970. The van der Waals surface area contributed by atoms with Crippen LogP contribution in [0.25, 0.3) is 0 Å². The van der Waals surface area contributed by atoms with E-state index in [1.54, 1.807) is 18.2 Å². The van der Waals surface area contributed by atoms with Gasteiger partial charge in [0.15, 0.2) is 0 Å². The molecule has 0 aliphatic carbocycles. The number of anilines is 1. The lowest BCUT2D eigenvalue weighted by Crippen LogP contribution is -2.49. The molecule has 1 N–H and O–H groups in total. The van der Waals surface area contributed by atoms with Crippen LogP contribution in [0.2, 0.25) is 10.0 Å². The maximum Gasteiger partial charge on any atom is 0.411 e. The second kappa shape index (κ2) is 7.73. The molecule has 1 aromatic rings. The average Bonchev–Trinajstić information content (AvgIpc) is 2.56. The molecular weight excluding hydrogens is 335 g/mol. The Balaban J connectivity index is 1.51. The van der Waals surface area contributed by atoms with Crippen LogP contribution >= 0.6 is 23.2 Å². The van der Waals surface area contributed by atoms with E-state index in [-0.39, 0.29) is 0 Å². The molecule has 0 bridgehead atoms. The first-order chi connectivity index (χ1) is 11.1. The number of ether oxygens (including phenoxy) is 1. The van der Waals surface area contributed by atoms with Crippen molar-refractivity contribution in [2.24, 2.45) is 5.92 Å². The third-order valence-corrected chi connectivity index (χ3v) is 5.56. The normalized spacial score (nSPS) is 24.8. The molecule has 2 aliphatic heterocycles. The van der Waals surface area contributed by atoms with Crippen LogP contribution in [-0.4, -0.2) is 36.7 Å². The number of nitrogens with one attached hydrogen (secondary N) is 1. The predicted octanol–water partition coefficient (Wildman–Crippen LogP) is 4.81. The number of fused-ring (bicyclic) bond motifs is 1. The highest BCUT2D eigenvalue weighted by Gasteiger charge is 2.33. The van der Waals surface area contributed by atoms with Gasteiger partial charge in [0, 0.05) is 17.6 Å². The third kappa shape index (κ3) is 4.31. The Labute approximate surface area is 147 Å². The van der Waals surface area contributed by atoms with Crippen LogP contribution in [-0.2, 0) is 4.74 Å². The first-order valence-electron chi connectivity index (χ1n) is 8.26. The van der Waals surface area contributed by atoms with E-state index in [4.69, 9.17) is 27.9 Å². The molecule has 1 amide bonds. The quantitative estimate of drug-likeness (QED) is 0.844. The maximum absolute atomic E-state index is 12.0.